The minimum Gasteiger partial charge on any atom is -0.508 e. The maximum Gasteiger partial charge on any atom is 0.310 e. The summed E-state index contributed by atoms with van der Waals surface area (Å²) >= 11 is 0. The van der Waals surface area contributed by atoms with Gasteiger partial charge in [-0.25, -0.2) is 0 Å². The van der Waals surface area contributed by atoms with Gasteiger partial charge in [0.2, 0.25) is 0 Å². The van der Waals surface area contributed by atoms with Gasteiger partial charge in [0.15, 0.2) is 5.78 Å². The second-order valence-electron chi connectivity index (χ2n) is 16.8. The van der Waals surface area contributed by atoms with E-state index >= 15 is 0 Å². The summed E-state index contributed by atoms with van der Waals surface area (Å²) in [5.41, 5.74) is 2.00. The van der Waals surface area contributed by atoms with E-state index < -0.39 is 11.4 Å². The Kier molecular flexibility index (Phi) is 7.18. The van der Waals surface area contributed by atoms with Crippen LogP contribution in [0.2, 0.25) is 0 Å². The number of fused-ring (bicyclic) bond motifs is 7. The van der Waals surface area contributed by atoms with E-state index in [1.165, 1.54) is 5.57 Å². The highest BCUT2D eigenvalue weighted by Gasteiger charge is 2.69. The molecule has 5 aliphatic carbocycles. The van der Waals surface area contributed by atoms with Crippen LogP contribution in [-0.4, -0.2) is 22.0 Å². The van der Waals surface area contributed by atoms with Crippen LogP contribution in [0.5, 0.6) is 5.75 Å². The monoisotopic (exact) mass is 586 g/mol. The van der Waals surface area contributed by atoms with Gasteiger partial charge in [-0.05, 0) is 133 Å². The molecule has 0 spiro atoms. The highest BCUT2D eigenvalue weighted by atomic mass is 16.4. The van der Waals surface area contributed by atoms with Gasteiger partial charge >= 0.3 is 5.97 Å². The second kappa shape index (κ2) is 10.1. The highest BCUT2D eigenvalue weighted by Crippen LogP contribution is 2.76. The van der Waals surface area contributed by atoms with Crippen molar-refractivity contribution in [2.24, 2.45) is 62.6 Å². The Morgan fingerprint density at radius 1 is 0.860 bits per heavy atom. The zero-order chi connectivity index (χ0) is 31.2. The van der Waals surface area contributed by atoms with Gasteiger partial charge in [-0.15, -0.1) is 0 Å². The number of hydrogen-bond donors (Lipinski definition) is 2. The first-order valence-electron chi connectivity index (χ1n) is 17.1. The highest BCUT2D eigenvalue weighted by molar-refractivity contribution is 5.96. The van der Waals surface area contributed by atoms with Crippen molar-refractivity contribution < 1.29 is 19.8 Å². The predicted octanol–water partition coefficient (Wildman–Crippen LogP) is 9.33. The van der Waals surface area contributed by atoms with Crippen molar-refractivity contribution in [3.63, 3.8) is 0 Å². The Balaban J connectivity index is 1.31. The molecule has 6 rings (SSSR count). The topological polar surface area (TPSA) is 74.6 Å². The largest absolute Gasteiger partial charge is 0.508 e. The Bertz CT molecular complexity index is 1350. The third-order valence-electron chi connectivity index (χ3n) is 15.1. The number of carbonyl (C=O) groups excluding carboxylic acids is 1. The molecule has 4 saturated carbocycles. The fraction of sp³-hybridized carbons (Fsp3) is 0.692. The molecule has 0 heterocycles. The molecule has 0 radical (unpaired) electrons. The lowest BCUT2D eigenvalue weighted by Crippen LogP contribution is -2.65. The molecule has 1 aromatic carbocycles. The van der Waals surface area contributed by atoms with Crippen molar-refractivity contribution in [1.29, 1.82) is 0 Å². The number of aromatic hydroxyl groups is 1. The lowest BCUT2D eigenvalue weighted by molar-refractivity contribution is -0.197. The quantitative estimate of drug-likeness (QED) is 0.272. The number of carboxylic acids is 1. The minimum absolute atomic E-state index is 0.00372. The normalized spacial score (nSPS) is 45.2. The molecule has 0 amide bonds. The number of hydrogen-bond acceptors (Lipinski definition) is 3. The summed E-state index contributed by atoms with van der Waals surface area (Å²) in [7, 11) is 0. The smallest absolute Gasteiger partial charge is 0.310 e. The van der Waals surface area contributed by atoms with Gasteiger partial charge in [-0.1, -0.05) is 78.3 Å². The van der Waals surface area contributed by atoms with Crippen molar-refractivity contribution in [3.05, 3.63) is 47.6 Å². The summed E-state index contributed by atoms with van der Waals surface area (Å²) in [5, 5.41) is 20.3. The molecular weight excluding hydrogens is 532 g/mol. The Labute approximate surface area is 259 Å². The molecule has 0 aromatic heterocycles. The molecule has 1 aromatic rings. The first-order valence-corrected chi connectivity index (χ1v) is 17.1. The number of carbonyl (C=O) groups is 2. The number of carboxylic acid groups (broad SMARTS) is 1. The van der Waals surface area contributed by atoms with Crippen molar-refractivity contribution >= 4 is 17.8 Å². The van der Waals surface area contributed by atoms with E-state index in [1.54, 1.807) is 18.2 Å². The van der Waals surface area contributed by atoms with E-state index in [9.17, 15) is 19.8 Å². The number of benzene rings is 1. The molecule has 5 aliphatic rings. The summed E-state index contributed by atoms with van der Waals surface area (Å²) < 4.78 is 0. The fourth-order valence-corrected chi connectivity index (χ4v) is 12.3. The number of rotatable bonds is 4. The van der Waals surface area contributed by atoms with E-state index in [1.807, 2.05) is 18.2 Å². The Hall–Kier alpha value is -2.36. The number of phenolic OH excluding ortho intramolecular Hbond substituents is 1. The van der Waals surface area contributed by atoms with E-state index in [0.717, 1.165) is 63.4 Å². The van der Waals surface area contributed by atoms with Gasteiger partial charge in [-0.2, -0.15) is 0 Å². The lowest BCUT2D eigenvalue weighted by atomic mass is 9.33. The predicted molar refractivity (Wildman–Crippen MR) is 172 cm³/mol. The molecule has 0 unspecified atom stereocenters. The summed E-state index contributed by atoms with van der Waals surface area (Å²) in [4.78, 5) is 26.7. The van der Waals surface area contributed by atoms with Gasteiger partial charge < -0.3 is 10.2 Å². The number of ketones is 1. The Morgan fingerprint density at radius 2 is 1.56 bits per heavy atom. The Morgan fingerprint density at radius 3 is 2.23 bits per heavy atom. The molecule has 4 fully saturated rings. The molecule has 0 aliphatic heterocycles. The molecule has 0 saturated heterocycles. The van der Waals surface area contributed by atoms with Gasteiger partial charge in [-0.3, -0.25) is 9.59 Å². The number of allylic oxidation sites excluding steroid dienone is 3. The molecule has 4 heteroatoms. The zero-order valence-corrected chi connectivity index (χ0v) is 27.6. The van der Waals surface area contributed by atoms with Gasteiger partial charge in [0, 0.05) is 5.92 Å². The maximum atomic E-state index is 13.7. The van der Waals surface area contributed by atoms with Crippen LogP contribution in [0.25, 0.3) is 6.08 Å². The van der Waals surface area contributed by atoms with Crippen LogP contribution in [0.4, 0.5) is 0 Å². The van der Waals surface area contributed by atoms with Crippen LogP contribution in [0.1, 0.15) is 112 Å². The zero-order valence-electron chi connectivity index (χ0n) is 27.6. The third-order valence-corrected chi connectivity index (χ3v) is 15.1. The van der Waals surface area contributed by atoms with E-state index in [-0.39, 0.29) is 45.0 Å². The molecular formula is C39H54O4. The van der Waals surface area contributed by atoms with Crippen molar-refractivity contribution in [2.45, 2.75) is 106 Å². The SMILES string of the molecule is C[C@H]1[C@H](C)CC[C@]2(C(=O)O)CC[C@]3(C)C(=CC[C@@H]4[C@@]5(C)CC[C@H](C(=O)/C=C\c6ccc(O)cc6)C(C)(C)[C@@H]5CC[C@]43C)[C@@H]12. The van der Waals surface area contributed by atoms with Crippen molar-refractivity contribution in [2.75, 3.05) is 0 Å². The van der Waals surface area contributed by atoms with E-state index in [2.05, 4.69) is 54.5 Å². The number of phenols is 1. The van der Waals surface area contributed by atoms with Crippen LogP contribution in [0.3, 0.4) is 0 Å². The van der Waals surface area contributed by atoms with Crippen LogP contribution >= 0.6 is 0 Å². The third kappa shape index (κ3) is 4.20. The number of aliphatic carboxylic acids is 1. The van der Waals surface area contributed by atoms with Crippen molar-refractivity contribution in [1.82, 2.24) is 0 Å². The van der Waals surface area contributed by atoms with Crippen LogP contribution in [0, 0.1) is 62.6 Å². The van der Waals surface area contributed by atoms with Gasteiger partial charge in [0.05, 0.1) is 5.41 Å². The summed E-state index contributed by atoms with van der Waals surface area (Å²) in [6.07, 6.45) is 15.1. The summed E-state index contributed by atoms with van der Waals surface area (Å²) in [6, 6.07) is 7.01. The average Bonchev–Trinajstić information content (AvgIpc) is 2.94. The summed E-state index contributed by atoms with van der Waals surface area (Å²) in [6.45, 7) is 17.0. The average molecular weight is 587 g/mol. The molecule has 2 N–H and O–H groups in total. The van der Waals surface area contributed by atoms with Crippen LogP contribution in [-0.2, 0) is 9.59 Å². The molecule has 43 heavy (non-hydrogen) atoms. The molecule has 0 bridgehead atoms. The molecule has 10 atom stereocenters. The van der Waals surface area contributed by atoms with Gasteiger partial charge in [0.25, 0.3) is 0 Å². The first-order chi connectivity index (χ1) is 20.1. The van der Waals surface area contributed by atoms with Crippen LogP contribution < -0.4 is 0 Å². The van der Waals surface area contributed by atoms with Crippen LogP contribution in [0.15, 0.2) is 42.0 Å². The lowest BCUT2D eigenvalue weighted by Gasteiger charge is -2.71. The van der Waals surface area contributed by atoms with Gasteiger partial charge in [0.1, 0.15) is 5.75 Å². The van der Waals surface area contributed by atoms with E-state index in [0.29, 0.717) is 23.7 Å². The summed E-state index contributed by atoms with van der Waals surface area (Å²) in [5.74, 6) is 1.98. The fourth-order valence-electron chi connectivity index (χ4n) is 12.3. The maximum absolute atomic E-state index is 13.7. The molecule has 234 valence electrons. The first kappa shape index (κ1) is 30.7. The second-order valence-corrected chi connectivity index (χ2v) is 16.8. The standard InChI is InChI=1S/C39H54O4/c1-24-16-21-39(34(42)43)23-22-37(6)29(33(39)25(24)2)13-15-32-36(5)19-17-28(35(3,4)31(36)18-20-38(32,37)7)30(41)14-10-26-8-11-27(40)12-9-26/h8-14,24-25,28,31-33,40H,15-23H2,1-7H3,(H,42,43)/b14-10-/t24-,25+,28-,31+,32-,33-,36+,37-,38-,39+/m1/s1. The van der Waals surface area contributed by atoms with Crippen molar-refractivity contribution in [3.8, 4) is 5.75 Å². The molecule has 4 nitrogen and oxygen atoms in total. The minimum atomic E-state index is -0.602. The van der Waals surface area contributed by atoms with E-state index in [4.69, 9.17) is 0 Å².